The summed E-state index contributed by atoms with van der Waals surface area (Å²) in [5, 5.41) is 5.58. The van der Waals surface area contributed by atoms with Crippen molar-refractivity contribution in [2.45, 2.75) is 57.0 Å². The van der Waals surface area contributed by atoms with Crippen molar-refractivity contribution in [3.05, 3.63) is 24.3 Å². The van der Waals surface area contributed by atoms with E-state index < -0.39 is 18.0 Å². The summed E-state index contributed by atoms with van der Waals surface area (Å²) < 4.78 is 0. The molecule has 3 fully saturated rings. The molecule has 1 aromatic rings. The van der Waals surface area contributed by atoms with Gasteiger partial charge in [-0.15, -0.1) is 0 Å². The molecule has 2 saturated heterocycles. The van der Waals surface area contributed by atoms with Gasteiger partial charge in [-0.1, -0.05) is 19.3 Å². The Labute approximate surface area is 187 Å². The maximum absolute atomic E-state index is 13.3. The van der Waals surface area contributed by atoms with Gasteiger partial charge >= 0.3 is 0 Å². The summed E-state index contributed by atoms with van der Waals surface area (Å²) in [5.74, 6) is -1.04. The first-order valence-electron chi connectivity index (χ1n) is 11.5. The molecule has 0 bridgehead atoms. The highest BCUT2D eigenvalue weighted by Crippen LogP contribution is 2.27. The van der Waals surface area contributed by atoms with E-state index >= 15 is 0 Å². The highest BCUT2D eigenvalue weighted by molar-refractivity contribution is 5.95. The maximum atomic E-state index is 13.3. The lowest BCUT2D eigenvalue weighted by Crippen LogP contribution is -2.64. The van der Waals surface area contributed by atoms with Crippen LogP contribution in [0.4, 0.5) is 0 Å². The Morgan fingerprint density at radius 2 is 1.84 bits per heavy atom. The summed E-state index contributed by atoms with van der Waals surface area (Å²) in [6.07, 6.45) is 10.5. The quantitative estimate of drug-likeness (QED) is 0.682. The van der Waals surface area contributed by atoms with Crippen LogP contribution in [-0.2, 0) is 14.4 Å². The first-order chi connectivity index (χ1) is 15.5. The van der Waals surface area contributed by atoms with Gasteiger partial charge in [-0.05, 0) is 25.7 Å². The molecule has 1 saturated carbocycles. The van der Waals surface area contributed by atoms with Crippen LogP contribution in [0, 0.1) is 5.92 Å². The summed E-state index contributed by atoms with van der Waals surface area (Å²) in [4.78, 5) is 62.8. The SMILES string of the molecule is O=C(N[C@@H]1CCCNC1=O)[C@H]1CN(C(=O)c2cnccn2)CCN1C(=O)C1CCCCC1. The number of piperazine rings is 1. The van der Waals surface area contributed by atoms with Gasteiger partial charge < -0.3 is 20.4 Å². The summed E-state index contributed by atoms with van der Waals surface area (Å²) in [5.41, 5.74) is 0.199. The maximum Gasteiger partial charge on any atom is 0.274 e. The highest BCUT2D eigenvalue weighted by atomic mass is 16.2. The van der Waals surface area contributed by atoms with E-state index in [9.17, 15) is 19.2 Å². The number of carbonyl (C=O) groups excluding carboxylic acids is 4. The topological polar surface area (TPSA) is 125 Å². The number of amides is 4. The van der Waals surface area contributed by atoms with Gasteiger partial charge in [-0.2, -0.15) is 0 Å². The molecular weight excluding hydrogens is 412 g/mol. The number of rotatable bonds is 4. The predicted molar refractivity (Wildman–Crippen MR) is 114 cm³/mol. The van der Waals surface area contributed by atoms with Crippen molar-refractivity contribution < 1.29 is 19.2 Å². The lowest BCUT2D eigenvalue weighted by molar-refractivity contribution is -0.148. The largest absolute Gasteiger partial charge is 0.354 e. The first kappa shape index (κ1) is 22.2. The molecule has 3 heterocycles. The molecular formula is C22H30N6O4. The lowest BCUT2D eigenvalue weighted by atomic mass is 9.87. The third-order valence-electron chi connectivity index (χ3n) is 6.59. The molecule has 2 N–H and O–H groups in total. The van der Waals surface area contributed by atoms with E-state index in [1.165, 1.54) is 18.6 Å². The smallest absolute Gasteiger partial charge is 0.274 e. The van der Waals surface area contributed by atoms with Gasteiger partial charge in [0.1, 0.15) is 17.8 Å². The van der Waals surface area contributed by atoms with Crippen LogP contribution >= 0.6 is 0 Å². The van der Waals surface area contributed by atoms with E-state index in [1.54, 1.807) is 9.80 Å². The van der Waals surface area contributed by atoms with Gasteiger partial charge in [0.15, 0.2) is 0 Å². The van der Waals surface area contributed by atoms with Gasteiger partial charge in [0.05, 0.1) is 12.7 Å². The van der Waals surface area contributed by atoms with Gasteiger partial charge in [0.2, 0.25) is 17.7 Å². The average Bonchev–Trinajstić information content (AvgIpc) is 2.85. The Hall–Kier alpha value is -3.04. The Kier molecular flexibility index (Phi) is 6.96. The van der Waals surface area contributed by atoms with Crippen molar-refractivity contribution in [2.24, 2.45) is 5.92 Å². The molecule has 0 unspecified atom stereocenters. The summed E-state index contributed by atoms with van der Waals surface area (Å²) in [7, 11) is 0. The summed E-state index contributed by atoms with van der Waals surface area (Å²) in [6.45, 7) is 1.26. The lowest BCUT2D eigenvalue weighted by Gasteiger charge is -2.42. The van der Waals surface area contributed by atoms with Gasteiger partial charge in [0.25, 0.3) is 5.91 Å². The Balaban J connectivity index is 1.51. The molecule has 0 radical (unpaired) electrons. The van der Waals surface area contributed by atoms with E-state index in [1.807, 2.05) is 0 Å². The molecule has 172 valence electrons. The molecule has 4 amide bonds. The van der Waals surface area contributed by atoms with E-state index in [0.717, 1.165) is 38.5 Å². The molecule has 1 aromatic heterocycles. The van der Waals surface area contributed by atoms with Crippen LogP contribution < -0.4 is 10.6 Å². The zero-order chi connectivity index (χ0) is 22.5. The van der Waals surface area contributed by atoms with Crippen LogP contribution in [0.15, 0.2) is 18.6 Å². The van der Waals surface area contributed by atoms with E-state index in [2.05, 4.69) is 20.6 Å². The minimum absolute atomic E-state index is 0.0236. The minimum atomic E-state index is -0.839. The molecule has 10 heteroatoms. The van der Waals surface area contributed by atoms with E-state index in [4.69, 9.17) is 0 Å². The summed E-state index contributed by atoms with van der Waals surface area (Å²) in [6, 6.07) is -1.46. The van der Waals surface area contributed by atoms with Crippen molar-refractivity contribution in [1.29, 1.82) is 0 Å². The molecule has 4 rings (SSSR count). The molecule has 10 nitrogen and oxygen atoms in total. The number of aromatic nitrogens is 2. The molecule has 2 atom stereocenters. The van der Waals surface area contributed by atoms with Crippen molar-refractivity contribution in [2.75, 3.05) is 26.2 Å². The van der Waals surface area contributed by atoms with E-state index in [0.29, 0.717) is 19.5 Å². The van der Waals surface area contributed by atoms with Crippen LogP contribution in [0.1, 0.15) is 55.4 Å². The summed E-state index contributed by atoms with van der Waals surface area (Å²) >= 11 is 0. The molecule has 2 aliphatic heterocycles. The Bertz CT molecular complexity index is 857. The number of hydrogen-bond acceptors (Lipinski definition) is 6. The number of nitrogens with zero attached hydrogens (tertiary/aromatic N) is 4. The van der Waals surface area contributed by atoms with Crippen molar-refractivity contribution >= 4 is 23.6 Å². The third-order valence-corrected chi connectivity index (χ3v) is 6.59. The second kappa shape index (κ2) is 10.1. The Morgan fingerprint density at radius 3 is 2.56 bits per heavy atom. The number of piperidine rings is 1. The fraction of sp³-hybridized carbons (Fsp3) is 0.636. The van der Waals surface area contributed by atoms with Crippen molar-refractivity contribution in [1.82, 2.24) is 30.4 Å². The number of nitrogens with one attached hydrogen (secondary N) is 2. The fourth-order valence-electron chi connectivity index (χ4n) is 4.79. The van der Waals surface area contributed by atoms with Crippen LogP contribution in [0.2, 0.25) is 0 Å². The normalized spacial score (nSPS) is 24.6. The fourth-order valence-corrected chi connectivity index (χ4v) is 4.79. The van der Waals surface area contributed by atoms with Crippen LogP contribution in [0.3, 0.4) is 0 Å². The van der Waals surface area contributed by atoms with Crippen molar-refractivity contribution in [3.63, 3.8) is 0 Å². The van der Waals surface area contributed by atoms with E-state index in [-0.39, 0.29) is 42.4 Å². The number of hydrogen-bond donors (Lipinski definition) is 2. The van der Waals surface area contributed by atoms with Crippen LogP contribution in [0.5, 0.6) is 0 Å². The Morgan fingerprint density at radius 1 is 1.03 bits per heavy atom. The monoisotopic (exact) mass is 442 g/mol. The van der Waals surface area contributed by atoms with Gasteiger partial charge in [-0.3, -0.25) is 24.2 Å². The molecule has 0 spiro atoms. The zero-order valence-corrected chi connectivity index (χ0v) is 18.2. The standard InChI is InChI=1S/C22H30N6O4/c29-19-16(7-4-8-25-19)26-20(30)18-14-27(22(32)17-13-23-9-10-24-17)11-12-28(18)21(31)15-5-2-1-3-6-15/h9-10,13,15-16,18H,1-8,11-12,14H2,(H,25,29)(H,26,30)/t16-,18-/m1/s1. The third kappa shape index (κ3) is 4.89. The predicted octanol–water partition coefficient (Wildman–Crippen LogP) is 0.105. The second-order valence-electron chi connectivity index (χ2n) is 8.72. The van der Waals surface area contributed by atoms with Crippen molar-refractivity contribution in [3.8, 4) is 0 Å². The first-order valence-corrected chi connectivity index (χ1v) is 11.5. The van der Waals surface area contributed by atoms with Crippen LogP contribution in [-0.4, -0.2) is 81.7 Å². The molecule has 3 aliphatic rings. The number of carbonyl (C=O) groups is 4. The van der Waals surface area contributed by atoms with Gasteiger partial charge in [-0.25, -0.2) is 4.98 Å². The minimum Gasteiger partial charge on any atom is -0.354 e. The molecule has 32 heavy (non-hydrogen) atoms. The molecule has 0 aromatic carbocycles. The molecule has 1 aliphatic carbocycles. The highest BCUT2D eigenvalue weighted by Gasteiger charge is 2.41. The van der Waals surface area contributed by atoms with Crippen LogP contribution in [0.25, 0.3) is 0 Å². The zero-order valence-electron chi connectivity index (χ0n) is 18.2. The second-order valence-corrected chi connectivity index (χ2v) is 8.72. The average molecular weight is 443 g/mol. The van der Waals surface area contributed by atoms with Gasteiger partial charge in [0, 0.05) is 37.9 Å².